The van der Waals surface area contributed by atoms with Gasteiger partial charge in [-0.15, -0.1) is 17.7 Å². The summed E-state index contributed by atoms with van der Waals surface area (Å²) in [5, 5.41) is 10.7. The number of aliphatic hydroxyl groups is 1. The molecule has 4 aromatic rings. The molecule has 31 heavy (non-hydrogen) atoms. The molecule has 0 unspecified atom stereocenters. The van der Waals surface area contributed by atoms with Crippen LogP contribution in [0.3, 0.4) is 0 Å². The first-order chi connectivity index (χ1) is 14.2. The number of benzene rings is 2. The SMILES string of the molecule is CC(=O)/C=C(/C)O.Cc1cnc2c(c1)C(C)(C)c1cccc3oc4cc[c-]c-2c4c13.[Ir]. The molecule has 5 rings (SSSR count). The summed E-state index contributed by atoms with van der Waals surface area (Å²) >= 11 is 0. The number of aromatic nitrogens is 1. The maximum atomic E-state index is 10.0. The van der Waals surface area contributed by atoms with Gasteiger partial charge < -0.3 is 14.5 Å². The fraction of sp³-hybridized carbons (Fsp3) is 0.231. The largest absolute Gasteiger partial charge is 0.512 e. The molecule has 0 bridgehead atoms. The van der Waals surface area contributed by atoms with E-state index in [1.807, 2.05) is 24.4 Å². The minimum Gasteiger partial charge on any atom is -0.512 e. The van der Waals surface area contributed by atoms with Crippen LogP contribution in [0.4, 0.5) is 0 Å². The number of furan rings is 1. The molecule has 0 aliphatic heterocycles. The zero-order valence-electron chi connectivity index (χ0n) is 18.2. The van der Waals surface area contributed by atoms with Gasteiger partial charge in [0, 0.05) is 37.8 Å². The fourth-order valence-corrected chi connectivity index (χ4v) is 4.20. The van der Waals surface area contributed by atoms with E-state index in [1.165, 1.54) is 42.0 Å². The molecule has 5 heteroatoms. The molecule has 0 fully saturated rings. The summed E-state index contributed by atoms with van der Waals surface area (Å²) in [6, 6.07) is 15.9. The quantitative estimate of drug-likeness (QED) is 0.158. The summed E-state index contributed by atoms with van der Waals surface area (Å²) in [6.45, 7) is 9.49. The van der Waals surface area contributed by atoms with Crippen LogP contribution in [-0.2, 0) is 30.3 Å². The molecule has 2 aromatic carbocycles. The number of carbonyl (C=O) groups is 1. The Morgan fingerprint density at radius 2 is 1.84 bits per heavy atom. The Balaban J connectivity index is 0.000000299. The molecule has 1 radical (unpaired) electrons. The molecule has 1 aliphatic carbocycles. The van der Waals surface area contributed by atoms with Crippen molar-refractivity contribution in [3.8, 4) is 11.3 Å². The molecular formula is C26H24IrNO3-. The third kappa shape index (κ3) is 3.96. The molecule has 4 nitrogen and oxygen atoms in total. The number of hydrogen-bond acceptors (Lipinski definition) is 4. The zero-order valence-corrected chi connectivity index (χ0v) is 20.6. The third-order valence-corrected chi connectivity index (χ3v) is 5.47. The second-order valence-electron chi connectivity index (χ2n) is 8.30. The van der Waals surface area contributed by atoms with Gasteiger partial charge in [0.25, 0.3) is 0 Å². The summed E-state index contributed by atoms with van der Waals surface area (Å²) in [7, 11) is 0. The molecule has 2 heterocycles. The first-order valence-electron chi connectivity index (χ1n) is 9.92. The number of rotatable bonds is 1. The summed E-state index contributed by atoms with van der Waals surface area (Å²) in [4.78, 5) is 14.8. The van der Waals surface area contributed by atoms with Crippen LogP contribution in [0.2, 0.25) is 0 Å². The molecular weight excluding hydrogens is 567 g/mol. The Labute approximate surface area is 195 Å². The van der Waals surface area contributed by atoms with Crippen molar-refractivity contribution in [2.45, 2.75) is 40.0 Å². The van der Waals surface area contributed by atoms with Gasteiger partial charge in [-0.25, -0.2) is 0 Å². The van der Waals surface area contributed by atoms with Gasteiger partial charge in [-0.1, -0.05) is 49.1 Å². The van der Waals surface area contributed by atoms with Crippen LogP contribution >= 0.6 is 0 Å². The van der Waals surface area contributed by atoms with E-state index >= 15 is 0 Å². The number of hydrogen-bond donors (Lipinski definition) is 1. The topological polar surface area (TPSA) is 63.3 Å². The van der Waals surface area contributed by atoms with E-state index in [4.69, 9.17) is 14.5 Å². The van der Waals surface area contributed by atoms with Crippen molar-refractivity contribution in [2.75, 3.05) is 0 Å². The van der Waals surface area contributed by atoms with Gasteiger partial charge in [0.15, 0.2) is 5.78 Å². The Hall–Kier alpha value is -2.75. The maximum Gasteiger partial charge on any atom is 0.155 e. The van der Waals surface area contributed by atoms with Gasteiger partial charge in [0.2, 0.25) is 0 Å². The van der Waals surface area contributed by atoms with Gasteiger partial charge in [-0.05, 0) is 49.0 Å². The van der Waals surface area contributed by atoms with Crippen molar-refractivity contribution in [1.29, 1.82) is 0 Å². The van der Waals surface area contributed by atoms with Gasteiger partial charge in [0.1, 0.15) is 5.58 Å². The summed E-state index contributed by atoms with van der Waals surface area (Å²) in [5.41, 5.74) is 7.51. The fourth-order valence-electron chi connectivity index (χ4n) is 4.20. The number of aryl methyl sites for hydroxylation is 1. The van der Waals surface area contributed by atoms with E-state index in [0.29, 0.717) is 0 Å². The Bertz CT molecular complexity index is 1330. The van der Waals surface area contributed by atoms with Gasteiger partial charge in [-0.2, -0.15) is 0 Å². The van der Waals surface area contributed by atoms with Crippen molar-refractivity contribution < 1.29 is 34.4 Å². The number of aliphatic hydroxyl groups excluding tert-OH is 1. The van der Waals surface area contributed by atoms with E-state index in [2.05, 4.69) is 45.0 Å². The van der Waals surface area contributed by atoms with Crippen molar-refractivity contribution in [3.63, 3.8) is 0 Å². The molecule has 0 saturated carbocycles. The Morgan fingerprint density at radius 3 is 2.48 bits per heavy atom. The molecule has 1 aliphatic rings. The monoisotopic (exact) mass is 591 g/mol. The third-order valence-electron chi connectivity index (χ3n) is 5.47. The van der Waals surface area contributed by atoms with E-state index in [9.17, 15) is 4.79 Å². The first-order valence-corrected chi connectivity index (χ1v) is 9.92. The molecule has 0 amide bonds. The number of pyridine rings is 1. The van der Waals surface area contributed by atoms with E-state index in [-0.39, 0.29) is 37.1 Å². The normalized spacial score (nSPS) is 13.8. The molecule has 0 atom stereocenters. The standard InChI is InChI=1S/C21H16NO.C5H8O2.Ir/c1-12-10-15-20(22-11-12)13-6-4-8-16-18(13)19-14(21(15,2)3)7-5-9-17(19)23-16;1-4(6)3-5(2)7;/h4-5,7-11H,1-3H3;3,6H,1-2H3;/q-1;;/b;4-3-;. The smallest absolute Gasteiger partial charge is 0.155 e. The molecule has 0 saturated heterocycles. The van der Waals surface area contributed by atoms with Crippen LogP contribution in [0.15, 0.2) is 58.8 Å². The minimum atomic E-state index is -0.141. The predicted octanol–water partition coefficient (Wildman–Crippen LogP) is 6.43. The average molecular weight is 591 g/mol. The molecule has 2 aromatic heterocycles. The van der Waals surface area contributed by atoms with Crippen molar-refractivity contribution in [3.05, 3.63) is 77.2 Å². The van der Waals surface area contributed by atoms with E-state index < -0.39 is 0 Å². The predicted molar refractivity (Wildman–Crippen MR) is 120 cm³/mol. The van der Waals surface area contributed by atoms with Crippen LogP contribution in [0, 0.1) is 13.0 Å². The van der Waals surface area contributed by atoms with Crippen molar-refractivity contribution in [1.82, 2.24) is 4.98 Å². The number of fused-ring (bicyclic) bond motifs is 2. The second kappa shape index (κ2) is 8.41. The first kappa shape index (κ1) is 22.9. The van der Waals surface area contributed by atoms with Gasteiger partial charge in [-0.3, -0.25) is 4.79 Å². The van der Waals surface area contributed by atoms with Gasteiger partial charge in [0.05, 0.1) is 11.3 Å². The Morgan fingerprint density at radius 1 is 1.13 bits per heavy atom. The number of nitrogens with zero attached hydrogens (tertiary/aromatic N) is 1. The van der Waals surface area contributed by atoms with E-state index in [0.717, 1.165) is 27.8 Å². The second-order valence-corrected chi connectivity index (χ2v) is 8.30. The molecule has 1 N–H and O–H groups in total. The van der Waals surface area contributed by atoms with Gasteiger partial charge >= 0.3 is 0 Å². The maximum absolute atomic E-state index is 10.0. The number of allylic oxidation sites excluding steroid dienone is 2. The van der Waals surface area contributed by atoms with Crippen LogP contribution in [0.5, 0.6) is 0 Å². The summed E-state index contributed by atoms with van der Waals surface area (Å²) in [5.74, 6) is -0.0625. The van der Waals surface area contributed by atoms with Crippen LogP contribution in [0.25, 0.3) is 33.2 Å². The van der Waals surface area contributed by atoms with Crippen LogP contribution < -0.4 is 0 Å². The van der Waals surface area contributed by atoms with Crippen molar-refractivity contribution >= 4 is 27.7 Å². The number of ketones is 1. The average Bonchev–Trinajstić information content (AvgIpc) is 3.02. The molecule has 0 spiro atoms. The van der Waals surface area contributed by atoms with Crippen LogP contribution in [0.1, 0.15) is 44.4 Å². The summed E-state index contributed by atoms with van der Waals surface area (Å²) < 4.78 is 6.09. The number of carbonyl (C=O) groups excluding carboxylic acids is 1. The summed E-state index contributed by atoms with van der Waals surface area (Å²) in [6.07, 6.45) is 3.11. The minimum absolute atomic E-state index is 0. The van der Waals surface area contributed by atoms with Crippen LogP contribution in [-0.4, -0.2) is 15.9 Å². The molecule has 161 valence electrons. The Kier molecular flexibility index (Phi) is 6.22. The van der Waals surface area contributed by atoms with Crippen molar-refractivity contribution in [2.24, 2.45) is 0 Å². The zero-order chi connectivity index (χ0) is 21.6. The van der Waals surface area contributed by atoms with E-state index in [1.54, 1.807) is 0 Å².